The third kappa shape index (κ3) is 29.9. The van der Waals surface area contributed by atoms with Crippen LogP contribution in [0.5, 0.6) is 0 Å². The summed E-state index contributed by atoms with van der Waals surface area (Å²) in [5.74, 6) is 1.05. The molecular weight excluding hydrogens is 527 g/mol. The smallest absolute Gasteiger partial charge is 0.468 e. The van der Waals surface area contributed by atoms with Crippen LogP contribution in [0.1, 0.15) is 135 Å². The minimum absolute atomic E-state index is 0.292. The second-order valence-corrected chi connectivity index (χ2v) is 12.4. The Labute approximate surface area is 236 Å². The Balaban J connectivity index is 3.88. The number of carbonyl (C=O) groups excluding carboxylic acids is 2. The van der Waals surface area contributed by atoms with Gasteiger partial charge in [-0.15, -0.1) is 0 Å². The molecule has 0 radical (unpaired) electrons. The zero-order valence-corrected chi connectivity index (χ0v) is 25.5. The van der Waals surface area contributed by atoms with E-state index in [0.29, 0.717) is 25.3 Å². The van der Waals surface area contributed by atoms with Crippen molar-refractivity contribution >= 4 is 32.0 Å². The Hall–Kier alpha value is -0.600. The van der Waals surface area contributed by atoms with Crippen molar-refractivity contribution in [2.75, 3.05) is 24.7 Å². The molecule has 0 saturated carbocycles. The van der Waals surface area contributed by atoms with Crippen molar-refractivity contribution in [3.63, 3.8) is 0 Å². The van der Waals surface area contributed by atoms with Crippen LogP contribution >= 0.6 is 19.6 Å². The molecule has 8 nitrogen and oxygen atoms in total. The average molecular weight is 583 g/mol. The summed E-state index contributed by atoms with van der Waals surface area (Å²) >= 11 is 1.63. The molecule has 0 fully saturated rings. The molecule has 0 rings (SSSR count). The van der Waals surface area contributed by atoms with E-state index in [2.05, 4.69) is 16.2 Å². The first kappa shape index (κ1) is 37.4. The van der Waals surface area contributed by atoms with Gasteiger partial charge in [0.15, 0.2) is 0 Å². The van der Waals surface area contributed by atoms with Crippen LogP contribution in [0.2, 0.25) is 0 Å². The quantitative estimate of drug-likeness (QED) is 0.0379. The van der Waals surface area contributed by atoms with Crippen molar-refractivity contribution < 1.29 is 37.9 Å². The van der Waals surface area contributed by atoms with Crippen LogP contribution in [-0.4, -0.2) is 53.1 Å². The van der Waals surface area contributed by atoms with E-state index in [1.54, 1.807) is 11.8 Å². The molecule has 0 unspecified atom stereocenters. The van der Waals surface area contributed by atoms with Gasteiger partial charge >= 0.3 is 13.8 Å². The summed E-state index contributed by atoms with van der Waals surface area (Å²) in [4.78, 5) is 40.4. The first-order valence-electron chi connectivity index (χ1n) is 14.9. The fourth-order valence-corrected chi connectivity index (χ4v) is 5.55. The number of phosphoric ester groups is 1. The number of unbranched alkanes of at least 4 members (excludes halogenated alkanes) is 17. The predicted molar refractivity (Wildman–Crippen MR) is 155 cm³/mol. The Kier molecular flexibility index (Phi) is 27.5. The lowest BCUT2D eigenvalue weighted by atomic mass is 10.1. The molecule has 0 saturated heterocycles. The summed E-state index contributed by atoms with van der Waals surface area (Å²) in [5.41, 5.74) is 0. The van der Waals surface area contributed by atoms with Crippen molar-refractivity contribution in [2.24, 2.45) is 0 Å². The lowest BCUT2D eigenvalue weighted by Gasteiger charge is -2.18. The minimum Gasteiger partial charge on any atom is -0.468 e. The van der Waals surface area contributed by atoms with Crippen LogP contribution < -0.4 is 0 Å². The molecule has 0 amide bonds. The van der Waals surface area contributed by atoms with Gasteiger partial charge in [-0.05, 0) is 25.0 Å². The van der Waals surface area contributed by atoms with Gasteiger partial charge < -0.3 is 19.3 Å². The summed E-state index contributed by atoms with van der Waals surface area (Å²) in [7, 11) is -4.61. The van der Waals surface area contributed by atoms with E-state index in [0.717, 1.165) is 57.1 Å². The Bertz CT molecular complexity index is 587. The zero-order chi connectivity index (χ0) is 28.2. The number of rotatable bonds is 30. The largest absolute Gasteiger partial charge is 0.469 e. The first-order chi connectivity index (χ1) is 18.4. The van der Waals surface area contributed by atoms with Crippen LogP contribution in [0, 0.1) is 0 Å². The molecule has 10 heteroatoms. The highest BCUT2D eigenvalue weighted by Crippen LogP contribution is 2.36. The molecule has 0 aromatic carbocycles. The molecule has 226 valence electrons. The molecule has 0 bridgehead atoms. The molecule has 0 aromatic rings. The number of esters is 1. The van der Waals surface area contributed by atoms with Crippen LogP contribution in [0.3, 0.4) is 0 Å². The second-order valence-electron chi connectivity index (χ2n) is 10.1. The van der Waals surface area contributed by atoms with E-state index in [1.807, 2.05) is 0 Å². The predicted octanol–water partition coefficient (Wildman–Crippen LogP) is 7.74. The Morgan fingerprint density at radius 2 is 1.29 bits per heavy atom. The minimum atomic E-state index is -4.61. The van der Waals surface area contributed by atoms with Gasteiger partial charge in [0.25, 0.3) is 6.47 Å². The molecule has 38 heavy (non-hydrogen) atoms. The summed E-state index contributed by atoms with van der Waals surface area (Å²) in [6.45, 7) is 2.95. The van der Waals surface area contributed by atoms with Crippen molar-refractivity contribution in [3.8, 4) is 0 Å². The standard InChI is InChI=1S/C28H55O8PS/c1-2-3-4-5-6-7-8-9-12-15-18-21-28(30)36-27(24-35-37(31,32)33)25-38-23-20-17-14-11-10-13-16-19-22-34-26-29/h26-27H,2-25H2,1H3,(H2,31,32,33)/t27-/m1/s1. The highest BCUT2D eigenvalue weighted by molar-refractivity contribution is 7.99. The molecule has 2 N–H and O–H groups in total. The topological polar surface area (TPSA) is 119 Å². The molecule has 1 atom stereocenters. The van der Waals surface area contributed by atoms with Crippen molar-refractivity contribution in [1.29, 1.82) is 0 Å². The van der Waals surface area contributed by atoms with E-state index in [4.69, 9.17) is 14.5 Å². The summed E-state index contributed by atoms with van der Waals surface area (Å²) in [5, 5.41) is 0. The maximum absolute atomic E-state index is 12.3. The van der Waals surface area contributed by atoms with Crippen LogP contribution in [0.4, 0.5) is 0 Å². The fraction of sp³-hybridized carbons (Fsp3) is 0.929. The summed E-state index contributed by atoms with van der Waals surface area (Å²) in [6.07, 6.45) is 21.9. The highest BCUT2D eigenvalue weighted by Gasteiger charge is 2.21. The molecule has 0 aliphatic carbocycles. The molecule has 0 heterocycles. The molecule has 0 aromatic heterocycles. The Morgan fingerprint density at radius 1 is 0.789 bits per heavy atom. The monoisotopic (exact) mass is 582 g/mol. The maximum Gasteiger partial charge on any atom is 0.469 e. The van der Waals surface area contributed by atoms with Crippen molar-refractivity contribution in [3.05, 3.63) is 0 Å². The Morgan fingerprint density at radius 3 is 1.82 bits per heavy atom. The van der Waals surface area contributed by atoms with Gasteiger partial charge in [-0.25, -0.2) is 4.57 Å². The van der Waals surface area contributed by atoms with Crippen LogP contribution in [0.15, 0.2) is 0 Å². The maximum atomic E-state index is 12.3. The number of ether oxygens (including phenoxy) is 2. The van der Waals surface area contributed by atoms with Crippen molar-refractivity contribution in [2.45, 2.75) is 141 Å². The number of hydrogen-bond donors (Lipinski definition) is 2. The normalized spacial score (nSPS) is 12.4. The van der Waals surface area contributed by atoms with E-state index >= 15 is 0 Å². The van der Waals surface area contributed by atoms with Gasteiger partial charge in [-0.1, -0.05) is 110 Å². The number of carbonyl (C=O) groups is 2. The summed E-state index contributed by atoms with van der Waals surface area (Å²) in [6, 6.07) is 0. The van der Waals surface area contributed by atoms with E-state index in [9.17, 15) is 14.2 Å². The average Bonchev–Trinajstić information content (AvgIpc) is 2.88. The fourth-order valence-electron chi connectivity index (χ4n) is 4.19. The summed E-state index contributed by atoms with van der Waals surface area (Å²) < 4.78 is 25.9. The molecular formula is C28H55O8PS. The number of thioether (sulfide) groups is 1. The zero-order valence-electron chi connectivity index (χ0n) is 23.8. The van der Waals surface area contributed by atoms with Gasteiger partial charge in [0.1, 0.15) is 6.10 Å². The van der Waals surface area contributed by atoms with Gasteiger partial charge in [-0.3, -0.25) is 14.1 Å². The third-order valence-electron chi connectivity index (χ3n) is 6.38. The second kappa shape index (κ2) is 27.9. The van der Waals surface area contributed by atoms with Crippen molar-refractivity contribution in [1.82, 2.24) is 0 Å². The van der Waals surface area contributed by atoms with Crippen LogP contribution in [0.25, 0.3) is 0 Å². The van der Waals surface area contributed by atoms with Gasteiger partial charge in [-0.2, -0.15) is 11.8 Å². The van der Waals surface area contributed by atoms with E-state index in [1.165, 1.54) is 70.6 Å². The van der Waals surface area contributed by atoms with E-state index < -0.39 is 13.9 Å². The third-order valence-corrected chi connectivity index (χ3v) is 8.05. The molecule has 0 aliphatic rings. The van der Waals surface area contributed by atoms with Gasteiger partial charge in [0.2, 0.25) is 0 Å². The SMILES string of the molecule is CCCCCCCCCCCCCC(=O)O[C@H](COP(=O)(O)O)CSCCCCCCCCCCOC=O. The number of hydrogen-bond acceptors (Lipinski definition) is 7. The lowest BCUT2D eigenvalue weighted by molar-refractivity contribution is -0.149. The van der Waals surface area contributed by atoms with Crippen LogP contribution in [-0.2, 0) is 28.2 Å². The lowest BCUT2D eigenvalue weighted by Crippen LogP contribution is -2.25. The highest BCUT2D eigenvalue weighted by atomic mass is 32.2. The number of phosphoric acid groups is 1. The van der Waals surface area contributed by atoms with E-state index in [-0.39, 0.29) is 12.6 Å². The van der Waals surface area contributed by atoms with Gasteiger partial charge in [0.05, 0.1) is 13.2 Å². The molecule has 0 aliphatic heterocycles. The first-order valence-corrected chi connectivity index (χ1v) is 17.6. The van der Waals surface area contributed by atoms with Gasteiger partial charge in [0, 0.05) is 12.2 Å². The molecule has 0 spiro atoms.